The Labute approximate surface area is 240 Å². The van der Waals surface area contributed by atoms with Gasteiger partial charge in [-0.3, -0.25) is 29.5 Å². The van der Waals surface area contributed by atoms with Gasteiger partial charge in [0.15, 0.2) is 11.6 Å². The molecule has 206 valence electrons. The molecule has 7 rings (SSSR count). The van der Waals surface area contributed by atoms with Crippen molar-refractivity contribution in [1.82, 2.24) is 4.98 Å². The van der Waals surface area contributed by atoms with Crippen LogP contribution in [0.1, 0.15) is 38.8 Å². The molecule has 1 spiro atoms. The Morgan fingerprint density at radius 1 is 0.929 bits per heavy atom. The van der Waals surface area contributed by atoms with Crippen LogP contribution >= 0.6 is 0 Å². The Bertz CT molecular complexity index is 1830. The Morgan fingerprint density at radius 3 is 2.40 bits per heavy atom. The summed E-state index contributed by atoms with van der Waals surface area (Å²) in [7, 11) is 0. The van der Waals surface area contributed by atoms with Crippen LogP contribution in [0.3, 0.4) is 0 Å². The number of hydrogen-bond donors (Lipinski definition) is 1. The molecule has 0 saturated carbocycles. The average Bonchev–Trinajstić information content (AvgIpc) is 3.49. The molecule has 3 aliphatic heterocycles. The van der Waals surface area contributed by atoms with Crippen molar-refractivity contribution in [3.63, 3.8) is 0 Å². The zero-order chi connectivity index (χ0) is 29.2. The van der Waals surface area contributed by atoms with E-state index in [0.717, 1.165) is 16.8 Å². The zero-order valence-electron chi connectivity index (χ0n) is 22.4. The number of ketones is 2. The number of carbonyl (C=O) groups excluding carboxylic acids is 3. The number of aromatic nitrogens is 1. The molecule has 4 atom stereocenters. The molecule has 0 bridgehead atoms. The van der Waals surface area contributed by atoms with Crippen LogP contribution in [0.15, 0.2) is 103 Å². The second kappa shape index (κ2) is 9.31. The molecular formula is C33H24N4O5. The molecular weight excluding hydrogens is 532 g/mol. The number of pyridine rings is 1. The smallest absolute Gasteiger partial charge is 0.269 e. The predicted octanol–water partition coefficient (Wildman–Crippen LogP) is 5.24. The van der Waals surface area contributed by atoms with E-state index >= 15 is 0 Å². The molecule has 0 radical (unpaired) electrons. The maximum atomic E-state index is 14.7. The number of nitro groups is 1. The van der Waals surface area contributed by atoms with Gasteiger partial charge in [0.1, 0.15) is 11.5 Å². The van der Waals surface area contributed by atoms with Gasteiger partial charge in [-0.25, -0.2) is 0 Å². The van der Waals surface area contributed by atoms with E-state index in [9.17, 15) is 24.5 Å². The van der Waals surface area contributed by atoms with Crippen LogP contribution in [0.4, 0.5) is 17.1 Å². The van der Waals surface area contributed by atoms with Crippen LogP contribution in [0.2, 0.25) is 0 Å². The number of nitro benzene ring substituents is 1. The molecule has 3 aliphatic rings. The number of nitrogens with zero attached hydrogens (tertiary/aromatic N) is 3. The monoisotopic (exact) mass is 556 g/mol. The number of allylic oxidation sites excluding steroid dienone is 1. The fourth-order valence-electron chi connectivity index (χ4n) is 6.99. The van der Waals surface area contributed by atoms with Gasteiger partial charge in [-0.05, 0) is 54.5 Å². The molecule has 1 fully saturated rings. The third kappa shape index (κ3) is 3.43. The maximum absolute atomic E-state index is 14.7. The second-order valence-electron chi connectivity index (χ2n) is 10.8. The van der Waals surface area contributed by atoms with Gasteiger partial charge in [-0.15, -0.1) is 0 Å². The van der Waals surface area contributed by atoms with Crippen molar-refractivity contribution in [3.05, 3.63) is 136 Å². The summed E-state index contributed by atoms with van der Waals surface area (Å²) in [6, 6.07) is 21.8. The van der Waals surface area contributed by atoms with E-state index in [1.54, 1.807) is 24.4 Å². The molecule has 1 amide bonds. The number of non-ortho nitro benzene ring substituents is 1. The fraction of sp³-hybridized carbons (Fsp3) is 0.152. The van der Waals surface area contributed by atoms with Crippen LogP contribution < -0.4 is 10.2 Å². The number of fused-ring (bicyclic) bond motifs is 6. The molecule has 0 aliphatic carbocycles. The SMILES string of the molecule is CC1=C[C@H]2N(c3ccccc31)[C@@H](C(=O)c1ccc([N+](=O)[O-])cc1)[C@@H](C(=O)c1cccnc1)[C@]21C(=O)Nc2ccccc21. The molecule has 9 nitrogen and oxygen atoms in total. The summed E-state index contributed by atoms with van der Waals surface area (Å²) in [6.45, 7) is 1.96. The summed E-state index contributed by atoms with van der Waals surface area (Å²) in [6.07, 6.45) is 5.00. The summed E-state index contributed by atoms with van der Waals surface area (Å²) in [4.78, 5) is 60.6. The first kappa shape index (κ1) is 25.5. The Kier molecular flexibility index (Phi) is 5.65. The van der Waals surface area contributed by atoms with Gasteiger partial charge in [-0.1, -0.05) is 42.5 Å². The van der Waals surface area contributed by atoms with Gasteiger partial charge in [0.05, 0.1) is 16.9 Å². The molecule has 1 saturated heterocycles. The van der Waals surface area contributed by atoms with Gasteiger partial charge in [0.25, 0.3) is 5.69 Å². The summed E-state index contributed by atoms with van der Waals surface area (Å²) in [5.41, 5.74) is 2.71. The van der Waals surface area contributed by atoms with Crippen LogP contribution in [0.25, 0.3) is 5.57 Å². The predicted molar refractivity (Wildman–Crippen MR) is 156 cm³/mol. The minimum Gasteiger partial charge on any atom is -0.352 e. The van der Waals surface area contributed by atoms with Crippen LogP contribution in [-0.4, -0.2) is 39.5 Å². The lowest BCUT2D eigenvalue weighted by Crippen LogP contribution is -2.51. The lowest BCUT2D eigenvalue weighted by molar-refractivity contribution is -0.384. The molecule has 1 N–H and O–H groups in total. The van der Waals surface area contributed by atoms with Crippen molar-refractivity contribution in [2.75, 3.05) is 10.2 Å². The summed E-state index contributed by atoms with van der Waals surface area (Å²) in [5, 5.41) is 14.3. The number of benzene rings is 3. The highest BCUT2D eigenvalue weighted by Gasteiger charge is 2.70. The van der Waals surface area contributed by atoms with Crippen LogP contribution in [0, 0.1) is 16.0 Å². The van der Waals surface area contributed by atoms with Crippen LogP contribution in [0.5, 0.6) is 0 Å². The number of carbonyl (C=O) groups is 3. The van der Waals surface area contributed by atoms with Crippen LogP contribution in [-0.2, 0) is 10.2 Å². The highest BCUT2D eigenvalue weighted by molar-refractivity contribution is 6.18. The molecule has 9 heteroatoms. The summed E-state index contributed by atoms with van der Waals surface area (Å²) in [5.74, 6) is -2.29. The fourth-order valence-corrected chi connectivity index (χ4v) is 6.99. The molecule has 42 heavy (non-hydrogen) atoms. The maximum Gasteiger partial charge on any atom is 0.269 e. The number of amides is 1. The van der Waals surface area contributed by atoms with E-state index in [4.69, 9.17) is 0 Å². The van der Waals surface area contributed by atoms with Gasteiger partial charge < -0.3 is 10.2 Å². The van der Waals surface area contributed by atoms with Crippen molar-refractivity contribution in [1.29, 1.82) is 0 Å². The highest BCUT2D eigenvalue weighted by Crippen LogP contribution is 2.58. The second-order valence-corrected chi connectivity index (χ2v) is 10.8. The van der Waals surface area contributed by atoms with Gasteiger partial charge in [0.2, 0.25) is 5.91 Å². The Balaban J connectivity index is 1.53. The normalized spacial score (nSPS) is 23.5. The summed E-state index contributed by atoms with van der Waals surface area (Å²) >= 11 is 0. The number of Topliss-reactive ketones (excluding diaryl/α,β-unsaturated/α-hetero) is 2. The summed E-state index contributed by atoms with van der Waals surface area (Å²) < 4.78 is 0. The standard InChI is InChI=1S/C33H24N4O5/c1-19-17-27-33(24-9-3-4-10-25(24)35-32(33)40)28(30(38)21-7-6-16-34-18-21)29(36(27)26-11-5-2-8-23(19)26)31(39)20-12-14-22(15-13-20)37(41)42/h2-18,27-29H,1H3,(H,35,40)/t27-,28+,29-,33-/m1/s1. The number of nitrogens with one attached hydrogen (secondary N) is 1. The molecule has 0 unspecified atom stereocenters. The Morgan fingerprint density at radius 2 is 1.67 bits per heavy atom. The number of hydrogen-bond acceptors (Lipinski definition) is 7. The molecule has 4 aromatic rings. The van der Waals surface area contributed by atoms with Crippen molar-refractivity contribution in [2.45, 2.75) is 24.4 Å². The highest BCUT2D eigenvalue weighted by atomic mass is 16.6. The number of anilines is 2. The van der Waals surface area contributed by atoms with E-state index in [0.29, 0.717) is 11.3 Å². The van der Waals surface area contributed by atoms with E-state index in [1.807, 2.05) is 60.4 Å². The first-order chi connectivity index (χ1) is 20.3. The lowest BCUT2D eigenvalue weighted by atomic mass is 9.64. The topological polar surface area (TPSA) is 123 Å². The molecule has 4 heterocycles. The average molecular weight is 557 g/mol. The van der Waals surface area contributed by atoms with E-state index in [-0.39, 0.29) is 28.5 Å². The van der Waals surface area contributed by atoms with Crippen molar-refractivity contribution >= 4 is 40.1 Å². The van der Waals surface area contributed by atoms with Crippen molar-refractivity contribution in [2.24, 2.45) is 5.92 Å². The largest absolute Gasteiger partial charge is 0.352 e. The first-order valence-electron chi connectivity index (χ1n) is 13.5. The number of rotatable bonds is 5. The molecule has 3 aromatic carbocycles. The Hall–Kier alpha value is -5.44. The lowest BCUT2D eigenvalue weighted by Gasteiger charge is -2.39. The minimum absolute atomic E-state index is 0.152. The quantitative estimate of drug-likeness (QED) is 0.203. The third-order valence-corrected chi connectivity index (χ3v) is 8.74. The third-order valence-electron chi connectivity index (χ3n) is 8.74. The molecule has 1 aromatic heterocycles. The minimum atomic E-state index is -1.45. The zero-order valence-corrected chi connectivity index (χ0v) is 22.4. The van der Waals surface area contributed by atoms with Crippen molar-refractivity contribution in [3.8, 4) is 0 Å². The first-order valence-corrected chi connectivity index (χ1v) is 13.5. The van der Waals surface area contributed by atoms with Gasteiger partial charge in [0, 0.05) is 52.6 Å². The van der Waals surface area contributed by atoms with Gasteiger partial charge >= 0.3 is 0 Å². The van der Waals surface area contributed by atoms with Gasteiger partial charge in [-0.2, -0.15) is 0 Å². The van der Waals surface area contributed by atoms with Crippen molar-refractivity contribution < 1.29 is 19.3 Å². The number of para-hydroxylation sites is 2. The van der Waals surface area contributed by atoms with E-state index in [2.05, 4.69) is 10.3 Å². The van der Waals surface area contributed by atoms with E-state index in [1.165, 1.54) is 30.5 Å². The van der Waals surface area contributed by atoms with E-state index < -0.39 is 34.1 Å².